The van der Waals surface area contributed by atoms with Crippen LogP contribution in [-0.4, -0.2) is 51.6 Å². The molecule has 5 nitrogen and oxygen atoms in total. The van der Waals surface area contributed by atoms with E-state index in [1.165, 1.54) is 0 Å². The van der Waals surface area contributed by atoms with Gasteiger partial charge >= 0.3 is 0 Å². The van der Waals surface area contributed by atoms with Gasteiger partial charge in [-0.15, -0.1) is 0 Å². The molecule has 0 amide bonds. The average molecular weight is 150 g/mol. The van der Waals surface area contributed by atoms with Crippen LogP contribution >= 0.6 is 0 Å². The van der Waals surface area contributed by atoms with Gasteiger partial charge in [0.25, 0.3) is 0 Å². The van der Waals surface area contributed by atoms with Gasteiger partial charge in [0.1, 0.15) is 18.3 Å². The molecule has 0 aromatic rings. The third-order valence-electron chi connectivity index (χ3n) is 1.47. The van der Waals surface area contributed by atoms with Crippen molar-refractivity contribution < 1.29 is 25.2 Å². The maximum Gasteiger partial charge on any atom is 0.183 e. The van der Waals surface area contributed by atoms with Gasteiger partial charge in [-0.1, -0.05) is 0 Å². The Morgan fingerprint density at radius 1 is 1.00 bits per heavy atom. The van der Waals surface area contributed by atoms with Crippen LogP contribution in [0.5, 0.6) is 0 Å². The highest BCUT2D eigenvalue weighted by atomic mass is 16.6. The second-order valence-electron chi connectivity index (χ2n) is 2.27. The largest absolute Gasteiger partial charge is 0.388 e. The van der Waals surface area contributed by atoms with E-state index in [1.807, 2.05) is 0 Å². The van der Waals surface area contributed by atoms with Crippen LogP contribution in [0.1, 0.15) is 0 Å². The lowest BCUT2D eigenvalue weighted by molar-refractivity contribution is -0.252. The maximum absolute atomic E-state index is 8.88. The molecule has 0 radical (unpaired) electrons. The standard InChI is InChI=1S/C5H10O5/c6-2-1-10-5(9)4(8)3(2)7/h2-9H,1H2/t2-,3+,4?,5+/m0/s1. The lowest BCUT2D eigenvalue weighted by Crippen LogP contribution is -2.52. The molecule has 1 aliphatic heterocycles. The summed E-state index contributed by atoms with van der Waals surface area (Å²) in [4.78, 5) is 0. The number of aliphatic hydroxyl groups excluding tert-OH is 4. The Hall–Kier alpha value is -0.200. The molecule has 1 aliphatic rings. The summed E-state index contributed by atoms with van der Waals surface area (Å²) in [5.74, 6) is 0. The van der Waals surface area contributed by atoms with Crippen LogP contribution in [-0.2, 0) is 4.74 Å². The lowest BCUT2D eigenvalue weighted by Gasteiger charge is -2.31. The van der Waals surface area contributed by atoms with Gasteiger partial charge in [-0.25, -0.2) is 0 Å². The summed E-state index contributed by atoms with van der Waals surface area (Å²) >= 11 is 0. The molecule has 1 saturated heterocycles. The Bertz CT molecular complexity index is 103. The predicted molar refractivity (Wildman–Crippen MR) is 30.0 cm³/mol. The van der Waals surface area contributed by atoms with E-state index < -0.39 is 24.6 Å². The third-order valence-corrected chi connectivity index (χ3v) is 1.47. The minimum absolute atomic E-state index is 0.153. The van der Waals surface area contributed by atoms with Crippen molar-refractivity contribution in [3.8, 4) is 0 Å². The molecule has 10 heavy (non-hydrogen) atoms. The molecule has 5 heteroatoms. The predicted octanol–water partition coefficient (Wildman–Crippen LogP) is -2.58. The van der Waals surface area contributed by atoms with Crippen molar-refractivity contribution in [1.82, 2.24) is 0 Å². The van der Waals surface area contributed by atoms with Gasteiger partial charge in [0.15, 0.2) is 6.29 Å². The normalized spacial score (nSPS) is 49.2. The van der Waals surface area contributed by atoms with E-state index in [-0.39, 0.29) is 6.61 Å². The van der Waals surface area contributed by atoms with Crippen molar-refractivity contribution in [3.05, 3.63) is 0 Å². The third kappa shape index (κ3) is 1.28. The van der Waals surface area contributed by atoms with Crippen molar-refractivity contribution in [2.75, 3.05) is 6.61 Å². The first-order valence-corrected chi connectivity index (χ1v) is 2.97. The van der Waals surface area contributed by atoms with Gasteiger partial charge in [0.05, 0.1) is 6.61 Å². The molecule has 0 spiro atoms. The van der Waals surface area contributed by atoms with Crippen molar-refractivity contribution >= 4 is 0 Å². The molecule has 0 aromatic heterocycles. The summed E-state index contributed by atoms with van der Waals surface area (Å²) in [7, 11) is 0. The van der Waals surface area contributed by atoms with Crippen molar-refractivity contribution in [1.29, 1.82) is 0 Å². The highest BCUT2D eigenvalue weighted by Crippen LogP contribution is 2.12. The van der Waals surface area contributed by atoms with E-state index in [2.05, 4.69) is 4.74 Å². The number of rotatable bonds is 0. The smallest absolute Gasteiger partial charge is 0.183 e. The molecule has 1 unspecified atom stereocenters. The second-order valence-corrected chi connectivity index (χ2v) is 2.27. The molecule has 0 aliphatic carbocycles. The topological polar surface area (TPSA) is 90.2 Å². The monoisotopic (exact) mass is 150 g/mol. The number of ether oxygens (including phenoxy) is 1. The highest BCUT2D eigenvalue weighted by molar-refractivity contribution is 4.81. The van der Waals surface area contributed by atoms with Gasteiger partial charge in [0.2, 0.25) is 0 Å². The van der Waals surface area contributed by atoms with E-state index in [0.717, 1.165) is 0 Å². The summed E-state index contributed by atoms with van der Waals surface area (Å²) in [6.45, 7) is -0.153. The fourth-order valence-corrected chi connectivity index (χ4v) is 0.791. The van der Waals surface area contributed by atoms with E-state index in [1.54, 1.807) is 0 Å². The van der Waals surface area contributed by atoms with E-state index >= 15 is 0 Å². The summed E-state index contributed by atoms with van der Waals surface area (Å²) in [6, 6.07) is 0. The molecule has 0 saturated carbocycles. The SMILES string of the molecule is OC1[C@H](O)OC[C@H](O)[C@H]1O. The van der Waals surface area contributed by atoms with Crippen molar-refractivity contribution in [2.45, 2.75) is 24.6 Å². The van der Waals surface area contributed by atoms with Gasteiger partial charge in [-0.05, 0) is 0 Å². The Kier molecular flexibility index (Phi) is 2.22. The fraction of sp³-hybridized carbons (Fsp3) is 1.00. The second kappa shape index (κ2) is 2.81. The molecule has 0 aromatic carbocycles. The summed E-state index contributed by atoms with van der Waals surface area (Å²) in [5, 5.41) is 35.3. The van der Waals surface area contributed by atoms with Crippen LogP contribution in [0.4, 0.5) is 0 Å². The summed E-state index contributed by atoms with van der Waals surface area (Å²) in [6.07, 6.45) is -5.23. The van der Waals surface area contributed by atoms with Crippen LogP contribution in [0, 0.1) is 0 Å². The Balaban J connectivity index is 2.52. The van der Waals surface area contributed by atoms with Crippen LogP contribution in [0.15, 0.2) is 0 Å². The molecule has 1 fully saturated rings. The number of hydrogen-bond donors (Lipinski definition) is 4. The zero-order valence-electron chi connectivity index (χ0n) is 5.21. The molecule has 4 atom stereocenters. The fourth-order valence-electron chi connectivity index (χ4n) is 0.791. The van der Waals surface area contributed by atoms with E-state index in [0.29, 0.717) is 0 Å². The summed E-state index contributed by atoms with van der Waals surface area (Å²) in [5.41, 5.74) is 0. The first kappa shape index (κ1) is 7.90. The molecule has 4 N–H and O–H groups in total. The minimum atomic E-state index is -1.41. The Labute approximate surface area is 57.5 Å². The lowest BCUT2D eigenvalue weighted by atomic mass is 10.1. The number of hydrogen-bond acceptors (Lipinski definition) is 5. The first-order chi connectivity index (χ1) is 4.63. The molecule has 1 heterocycles. The highest BCUT2D eigenvalue weighted by Gasteiger charge is 2.36. The molecular weight excluding hydrogens is 140 g/mol. The summed E-state index contributed by atoms with van der Waals surface area (Å²) < 4.78 is 4.47. The Morgan fingerprint density at radius 2 is 1.60 bits per heavy atom. The van der Waals surface area contributed by atoms with Crippen LogP contribution in [0.2, 0.25) is 0 Å². The molecular formula is C5H10O5. The first-order valence-electron chi connectivity index (χ1n) is 2.97. The van der Waals surface area contributed by atoms with E-state index in [9.17, 15) is 0 Å². The van der Waals surface area contributed by atoms with Crippen LogP contribution in [0.3, 0.4) is 0 Å². The van der Waals surface area contributed by atoms with Crippen molar-refractivity contribution in [3.63, 3.8) is 0 Å². The van der Waals surface area contributed by atoms with Gasteiger partial charge in [-0.3, -0.25) is 0 Å². The maximum atomic E-state index is 8.88. The molecule has 60 valence electrons. The van der Waals surface area contributed by atoms with E-state index in [4.69, 9.17) is 20.4 Å². The zero-order valence-corrected chi connectivity index (χ0v) is 5.21. The minimum Gasteiger partial charge on any atom is -0.388 e. The Morgan fingerprint density at radius 3 is 2.10 bits per heavy atom. The van der Waals surface area contributed by atoms with Crippen molar-refractivity contribution in [2.24, 2.45) is 0 Å². The number of aliphatic hydroxyl groups is 4. The average Bonchev–Trinajstić information content (AvgIpc) is 1.93. The van der Waals surface area contributed by atoms with Crippen LogP contribution < -0.4 is 0 Å². The van der Waals surface area contributed by atoms with Gasteiger partial charge in [0, 0.05) is 0 Å². The molecule has 1 rings (SSSR count). The van der Waals surface area contributed by atoms with Gasteiger partial charge < -0.3 is 25.2 Å². The van der Waals surface area contributed by atoms with Gasteiger partial charge in [-0.2, -0.15) is 0 Å². The molecule has 0 bridgehead atoms. The van der Waals surface area contributed by atoms with Crippen LogP contribution in [0.25, 0.3) is 0 Å². The quantitative estimate of drug-likeness (QED) is 0.304. The zero-order chi connectivity index (χ0) is 7.72.